The van der Waals surface area contributed by atoms with Gasteiger partial charge >= 0.3 is 0 Å². The summed E-state index contributed by atoms with van der Waals surface area (Å²) in [6, 6.07) is 0. The molecule has 0 aromatic heterocycles. The summed E-state index contributed by atoms with van der Waals surface area (Å²) in [6.07, 6.45) is 12.8. The van der Waals surface area contributed by atoms with Crippen LogP contribution < -0.4 is 0 Å². The minimum absolute atomic E-state index is 0.349. The van der Waals surface area contributed by atoms with Crippen molar-refractivity contribution in [1.82, 2.24) is 0 Å². The molecule has 2 aliphatic rings. The summed E-state index contributed by atoms with van der Waals surface area (Å²) in [7, 11) is 0. The summed E-state index contributed by atoms with van der Waals surface area (Å²) in [5.74, 6) is 1.41. The van der Waals surface area contributed by atoms with Crippen LogP contribution in [0.3, 0.4) is 0 Å². The van der Waals surface area contributed by atoms with Crippen molar-refractivity contribution in [3.05, 3.63) is 37.5 Å². The van der Waals surface area contributed by atoms with Crippen LogP contribution in [0.5, 0.6) is 0 Å². The van der Waals surface area contributed by atoms with E-state index in [-0.39, 0.29) is 0 Å². The molecule has 0 heterocycles. The molecule has 0 bridgehead atoms. The van der Waals surface area contributed by atoms with E-state index < -0.39 is 0 Å². The van der Waals surface area contributed by atoms with Crippen LogP contribution in [0.2, 0.25) is 0 Å². The van der Waals surface area contributed by atoms with Crippen LogP contribution in [0, 0.1) is 17.3 Å². The predicted molar refractivity (Wildman–Crippen MR) is 52.8 cm³/mol. The number of hydrogen-bond acceptors (Lipinski definition) is 0. The van der Waals surface area contributed by atoms with Crippen LogP contribution in [0.25, 0.3) is 0 Å². The fourth-order valence-corrected chi connectivity index (χ4v) is 2.91. The maximum atomic E-state index is 3.99. The molecule has 1 saturated carbocycles. The molecule has 0 aliphatic heterocycles. The van der Waals surface area contributed by atoms with Crippen molar-refractivity contribution >= 4 is 0 Å². The second-order valence-electron chi connectivity index (χ2n) is 3.97. The first-order valence-corrected chi connectivity index (χ1v) is 4.76. The lowest BCUT2D eigenvalue weighted by Gasteiger charge is -2.30. The Bertz CT molecular complexity index is 236. The molecule has 0 amide bonds. The lowest BCUT2D eigenvalue weighted by Crippen LogP contribution is -2.24. The first-order valence-electron chi connectivity index (χ1n) is 4.76. The van der Waals surface area contributed by atoms with Crippen LogP contribution in [-0.4, -0.2) is 0 Å². The SMILES string of the molecule is C=CC1CCC2C=CCC12C=C. The van der Waals surface area contributed by atoms with Crippen molar-refractivity contribution in [2.45, 2.75) is 19.3 Å². The van der Waals surface area contributed by atoms with Gasteiger partial charge in [0.2, 0.25) is 0 Å². The molecule has 0 N–H and O–H groups in total. The van der Waals surface area contributed by atoms with Gasteiger partial charge in [-0.2, -0.15) is 0 Å². The summed E-state index contributed by atoms with van der Waals surface area (Å²) < 4.78 is 0. The van der Waals surface area contributed by atoms with E-state index in [0.717, 1.165) is 5.92 Å². The Morgan fingerprint density at radius 3 is 2.83 bits per heavy atom. The van der Waals surface area contributed by atoms with Gasteiger partial charge in [-0.1, -0.05) is 24.3 Å². The maximum Gasteiger partial charge on any atom is 0.00388 e. The van der Waals surface area contributed by atoms with Crippen LogP contribution >= 0.6 is 0 Å². The van der Waals surface area contributed by atoms with E-state index >= 15 is 0 Å². The second kappa shape index (κ2) is 2.62. The maximum absolute atomic E-state index is 3.99. The molecule has 3 unspecified atom stereocenters. The summed E-state index contributed by atoms with van der Waals surface area (Å²) in [4.78, 5) is 0. The van der Waals surface area contributed by atoms with Crippen molar-refractivity contribution in [2.24, 2.45) is 17.3 Å². The van der Waals surface area contributed by atoms with Crippen LogP contribution in [0.1, 0.15) is 19.3 Å². The molecular formula is C12H16. The van der Waals surface area contributed by atoms with Crippen molar-refractivity contribution < 1.29 is 0 Å². The molecule has 0 saturated heterocycles. The Hall–Kier alpha value is -0.780. The van der Waals surface area contributed by atoms with E-state index in [9.17, 15) is 0 Å². The number of fused-ring (bicyclic) bond motifs is 1. The topological polar surface area (TPSA) is 0 Å². The summed E-state index contributed by atoms with van der Waals surface area (Å²) in [6.45, 7) is 7.91. The highest BCUT2D eigenvalue weighted by Crippen LogP contribution is 2.55. The van der Waals surface area contributed by atoms with Gasteiger partial charge in [0.15, 0.2) is 0 Å². The molecule has 0 heteroatoms. The molecule has 12 heavy (non-hydrogen) atoms. The Kier molecular flexibility index (Phi) is 1.71. The lowest BCUT2D eigenvalue weighted by atomic mass is 9.73. The fraction of sp³-hybridized carbons (Fsp3) is 0.500. The third-order valence-electron chi connectivity index (χ3n) is 3.67. The van der Waals surface area contributed by atoms with Crippen molar-refractivity contribution in [2.75, 3.05) is 0 Å². The lowest BCUT2D eigenvalue weighted by molar-refractivity contribution is 0.294. The van der Waals surface area contributed by atoms with E-state index in [2.05, 4.69) is 37.5 Å². The molecule has 0 spiro atoms. The monoisotopic (exact) mass is 160 g/mol. The number of rotatable bonds is 2. The molecule has 0 aromatic carbocycles. The van der Waals surface area contributed by atoms with Gasteiger partial charge in [-0.05, 0) is 31.1 Å². The van der Waals surface area contributed by atoms with E-state index in [1.54, 1.807) is 0 Å². The molecular weight excluding hydrogens is 144 g/mol. The Morgan fingerprint density at radius 2 is 2.17 bits per heavy atom. The van der Waals surface area contributed by atoms with Gasteiger partial charge in [-0.3, -0.25) is 0 Å². The Balaban J connectivity index is 2.34. The summed E-state index contributed by atoms with van der Waals surface area (Å²) in [5, 5.41) is 0. The number of hydrogen-bond donors (Lipinski definition) is 0. The fourth-order valence-electron chi connectivity index (χ4n) is 2.91. The predicted octanol–water partition coefficient (Wildman–Crippen LogP) is 3.33. The zero-order valence-corrected chi connectivity index (χ0v) is 7.50. The van der Waals surface area contributed by atoms with Crippen molar-refractivity contribution in [3.8, 4) is 0 Å². The van der Waals surface area contributed by atoms with Crippen molar-refractivity contribution in [3.63, 3.8) is 0 Å². The molecule has 3 atom stereocenters. The van der Waals surface area contributed by atoms with Crippen LogP contribution in [0.4, 0.5) is 0 Å². The molecule has 2 aliphatic carbocycles. The molecule has 1 fully saturated rings. The molecule has 0 aromatic rings. The van der Waals surface area contributed by atoms with E-state index in [0.29, 0.717) is 11.3 Å². The van der Waals surface area contributed by atoms with E-state index in [4.69, 9.17) is 0 Å². The Labute approximate surface area is 74.7 Å². The average Bonchev–Trinajstić information content (AvgIpc) is 2.60. The average molecular weight is 160 g/mol. The quantitative estimate of drug-likeness (QED) is 0.543. The minimum Gasteiger partial charge on any atom is -0.103 e. The molecule has 0 nitrogen and oxygen atoms in total. The zero-order valence-electron chi connectivity index (χ0n) is 7.50. The van der Waals surface area contributed by atoms with Gasteiger partial charge in [0, 0.05) is 5.41 Å². The first kappa shape index (κ1) is 7.85. The van der Waals surface area contributed by atoms with Gasteiger partial charge in [0.1, 0.15) is 0 Å². The normalized spacial score (nSPS) is 44.3. The highest BCUT2D eigenvalue weighted by molar-refractivity contribution is 5.22. The van der Waals surface area contributed by atoms with Gasteiger partial charge in [0.05, 0.1) is 0 Å². The van der Waals surface area contributed by atoms with E-state index in [1.807, 2.05) is 0 Å². The largest absolute Gasteiger partial charge is 0.103 e. The summed E-state index contributed by atoms with van der Waals surface area (Å²) in [5.41, 5.74) is 0.349. The zero-order chi connectivity index (χ0) is 8.60. The van der Waals surface area contributed by atoms with Crippen LogP contribution in [-0.2, 0) is 0 Å². The second-order valence-corrected chi connectivity index (χ2v) is 3.97. The highest BCUT2D eigenvalue weighted by Gasteiger charge is 2.46. The molecule has 0 radical (unpaired) electrons. The van der Waals surface area contributed by atoms with Gasteiger partial charge < -0.3 is 0 Å². The van der Waals surface area contributed by atoms with E-state index in [1.165, 1.54) is 19.3 Å². The summed E-state index contributed by atoms with van der Waals surface area (Å²) >= 11 is 0. The van der Waals surface area contributed by atoms with Crippen molar-refractivity contribution in [1.29, 1.82) is 0 Å². The van der Waals surface area contributed by atoms with Gasteiger partial charge in [-0.15, -0.1) is 13.2 Å². The third kappa shape index (κ3) is 0.782. The molecule has 64 valence electrons. The minimum atomic E-state index is 0.349. The highest BCUT2D eigenvalue weighted by atomic mass is 14.5. The Morgan fingerprint density at radius 1 is 1.33 bits per heavy atom. The number of allylic oxidation sites excluding steroid dienone is 4. The van der Waals surface area contributed by atoms with Crippen LogP contribution in [0.15, 0.2) is 37.5 Å². The molecule has 2 rings (SSSR count). The smallest absolute Gasteiger partial charge is 0.00388 e. The first-order chi connectivity index (χ1) is 5.83. The third-order valence-corrected chi connectivity index (χ3v) is 3.67. The standard InChI is InChI=1S/C12H16/c1-3-10-7-8-11-6-5-9-12(10,11)4-2/h3-6,10-11H,1-2,7-9H2. The van der Waals surface area contributed by atoms with Gasteiger partial charge in [0.25, 0.3) is 0 Å². The van der Waals surface area contributed by atoms with Gasteiger partial charge in [-0.25, -0.2) is 0 Å².